The maximum absolute atomic E-state index is 12.9. The summed E-state index contributed by atoms with van der Waals surface area (Å²) < 4.78 is 15.8. The molecule has 1 heterocycles. The topological polar surface area (TPSA) is 307 Å². The number of carboxylic acids is 1. The second-order valence-corrected chi connectivity index (χ2v) is 15.0. The summed E-state index contributed by atoms with van der Waals surface area (Å²) in [6.07, 6.45) is 3.00. The van der Waals surface area contributed by atoms with E-state index >= 15 is 0 Å². The van der Waals surface area contributed by atoms with Crippen LogP contribution in [0.2, 0.25) is 0 Å². The molecule has 1 aliphatic heterocycles. The number of piperidine rings is 1. The molecule has 1 saturated heterocycles. The second kappa shape index (κ2) is 30.2. The number of rotatable bonds is 28. The second-order valence-electron chi connectivity index (χ2n) is 12.4. The van der Waals surface area contributed by atoms with Gasteiger partial charge >= 0.3 is 12.1 Å². The van der Waals surface area contributed by atoms with Gasteiger partial charge in [0.05, 0.1) is 39.5 Å². The summed E-state index contributed by atoms with van der Waals surface area (Å²) in [6.45, 7) is 6.43. The number of likely N-dealkylation sites (tertiary alicyclic amines) is 1. The predicted octanol–water partition coefficient (Wildman–Crippen LogP) is -1.97. The Labute approximate surface area is 329 Å². The summed E-state index contributed by atoms with van der Waals surface area (Å²) in [4.78, 5) is 90.9. The molecule has 0 aliphatic carbocycles. The molecule has 314 valence electrons. The monoisotopic (exact) mass is 822 g/mol. The molecule has 21 nitrogen and oxygen atoms in total. The van der Waals surface area contributed by atoms with Gasteiger partial charge in [-0.1, -0.05) is 41.9 Å². The molecule has 0 aromatic carbocycles. The number of aliphatic imine (C=N–C) groups is 1. The summed E-state index contributed by atoms with van der Waals surface area (Å²) in [6, 6.07) is -2.33. The molecule has 23 heteroatoms. The highest BCUT2D eigenvalue weighted by Crippen LogP contribution is 2.21. The van der Waals surface area contributed by atoms with Crippen molar-refractivity contribution in [3.8, 4) is 0 Å². The first-order chi connectivity index (χ1) is 26.3. The van der Waals surface area contributed by atoms with Crippen LogP contribution in [0.4, 0.5) is 4.79 Å². The van der Waals surface area contributed by atoms with Crippen molar-refractivity contribution in [2.75, 3.05) is 83.8 Å². The fourth-order valence-corrected chi connectivity index (χ4v) is 6.49. The molecule has 0 aromatic heterocycles. The van der Waals surface area contributed by atoms with E-state index in [1.165, 1.54) is 17.2 Å². The lowest BCUT2D eigenvalue weighted by molar-refractivity contribution is -0.141. The number of guanidine groups is 1. The van der Waals surface area contributed by atoms with Gasteiger partial charge in [-0.05, 0) is 38.8 Å². The summed E-state index contributed by atoms with van der Waals surface area (Å²) in [7, 11) is 2.32. The molecule has 0 radical (unpaired) electrons. The van der Waals surface area contributed by atoms with Crippen molar-refractivity contribution in [1.29, 1.82) is 0 Å². The van der Waals surface area contributed by atoms with Crippen molar-refractivity contribution in [3.05, 3.63) is 0 Å². The van der Waals surface area contributed by atoms with E-state index < -0.39 is 48.4 Å². The number of hydrogen-bond acceptors (Lipinski definition) is 14. The first kappa shape index (κ1) is 49.0. The van der Waals surface area contributed by atoms with Crippen LogP contribution in [0.5, 0.6) is 0 Å². The molecule has 55 heavy (non-hydrogen) atoms. The van der Waals surface area contributed by atoms with Crippen molar-refractivity contribution >= 4 is 69.1 Å². The van der Waals surface area contributed by atoms with Gasteiger partial charge in [-0.3, -0.25) is 39.3 Å². The van der Waals surface area contributed by atoms with Crippen molar-refractivity contribution < 1.29 is 52.9 Å². The van der Waals surface area contributed by atoms with E-state index in [1.807, 2.05) is 0 Å². The molecule has 1 fully saturated rings. The number of hydrogen-bond donors (Lipinski definition) is 9. The molecule has 6 amide bonds. The highest BCUT2D eigenvalue weighted by atomic mass is 33.1. The van der Waals surface area contributed by atoms with E-state index in [4.69, 9.17) is 25.7 Å². The van der Waals surface area contributed by atoms with Gasteiger partial charge in [-0.25, -0.2) is 15.0 Å². The van der Waals surface area contributed by atoms with Crippen LogP contribution in [0.1, 0.15) is 52.4 Å². The lowest BCUT2D eigenvalue weighted by Gasteiger charge is -2.25. The Bertz CT molecular complexity index is 1240. The minimum absolute atomic E-state index is 0.0228. The van der Waals surface area contributed by atoms with Crippen LogP contribution < -0.4 is 43.6 Å². The number of nitrogens with zero attached hydrogens (tertiary/aromatic N) is 2. The van der Waals surface area contributed by atoms with E-state index in [-0.39, 0.29) is 75.3 Å². The largest absolute Gasteiger partial charge is 0.480 e. The third kappa shape index (κ3) is 26.4. The minimum Gasteiger partial charge on any atom is -0.480 e. The third-order valence-electron chi connectivity index (χ3n) is 7.41. The van der Waals surface area contributed by atoms with Crippen LogP contribution in [-0.2, 0) is 43.0 Å². The van der Waals surface area contributed by atoms with E-state index in [1.54, 1.807) is 13.8 Å². The van der Waals surface area contributed by atoms with Crippen LogP contribution in [-0.4, -0.2) is 153 Å². The number of ether oxygens (including phenoxy) is 3. The van der Waals surface area contributed by atoms with Crippen molar-refractivity contribution in [3.63, 3.8) is 0 Å². The molecule has 2 atom stereocenters. The van der Waals surface area contributed by atoms with Gasteiger partial charge in [0.15, 0.2) is 5.96 Å². The molecule has 1 aliphatic rings. The maximum Gasteiger partial charge on any atom is 0.426 e. The molecular weight excluding hydrogens is 765 g/mol. The zero-order chi connectivity index (χ0) is 40.8. The molecular formula is C32H58N10O11S2. The highest BCUT2D eigenvalue weighted by Gasteiger charge is 2.24. The van der Waals surface area contributed by atoms with Gasteiger partial charge in [0.2, 0.25) is 29.5 Å². The number of carboxylic acid groups (broad SMARTS) is 1. The Kier molecular flexibility index (Phi) is 26.9. The Morgan fingerprint density at radius 2 is 1.49 bits per heavy atom. The molecule has 0 saturated carbocycles. The lowest BCUT2D eigenvalue weighted by Crippen LogP contribution is -2.51. The van der Waals surface area contributed by atoms with Gasteiger partial charge in [-0.2, -0.15) is 0 Å². The van der Waals surface area contributed by atoms with E-state index in [0.29, 0.717) is 31.9 Å². The number of aliphatic carboxylic acids is 1. The van der Waals surface area contributed by atoms with Crippen LogP contribution in [0.25, 0.3) is 0 Å². The van der Waals surface area contributed by atoms with Crippen molar-refractivity contribution in [1.82, 2.24) is 37.0 Å². The van der Waals surface area contributed by atoms with Crippen LogP contribution in [0.3, 0.4) is 0 Å². The van der Waals surface area contributed by atoms with Crippen molar-refractivity contribution in [2.24, 2.45) is 22.4 Å². The highest BCUT2D eigenvalue weighted by molar-refractivity contribution is 8.76. The standard InChI is InChI=1S/C32H58N10O11S2/c1-22(2)28(46)40-41-32(50)53-17-18-54-55-21-24(30(48)49)39-26(44)19-37-29(47)23(7-6-9-36-31(33)34)38-25(43)8-13-51-15-16-52-14-10-35-27(45)20-42-11-4-3-5-12-42/h22-24H,3-21H2,1-2H3,(H,35,45)(H,37,47)(H,38,43)(H,39,44)(H,40,46)(H,41,50)(H,48,49)(H4,33,34,36)/t23?,24-/m0/s1. The van der Waals surface area contributed by atoms with E-state index in [2.05, 4.69) is 42.0 Å². The fourth-order valence-electron chi connectivity index (χ4n) is 4.51. The SMILES string of the molecule is CC(C)C(=O)NNC(=O)OCCSSC[C@H](NC(=O)CNC(=O)C(CCCN=C(N)N)NC(=O)CCOCCOCCNC(=O)CN1CCCCC1)C(=O)O. The molecule has 11 N–H and O–H groups in total. The van der Waals surface area contributed by atoms with Crippen LogP contribution in [0.15, 0.2) is 4.99 Å². The number of carbonyl (C=O) groups is 7. The van der Waals surface area contributed by atoms with Gasteiger partial charge in [0, 0.05) is 36.9 Å². The number of amides is 6. The zero-order valence-electron chi connectivity index (χ0n) is 31.6. The Morgan fingerprint density at radius 3 is 2.16 bits per heavy atom. The van der Waals surface area contributed by atoms with Gasteiger partial charge in [-0.15, -0.1) is 0 Å². The summed E-state index contributed by atoms with van der Waals surface area (Å²) in [5.74, 6) is -3.83. The third-order valence-corrected chi connectivity index (χ3v) is 9.79. The Morgan fingerprint density at radius 1 is 0.800 bits per heavy atom. The van der Waals surface area contributed by atoms with Gasteiger partial charge < -0.3 is 52.1 Å². The average Bonchev–Trinajstić information content (AvgIpc) is 3.14. The zero-order valence-corrected chi connectivity index (χ0v) is 33.2. The van der Waals surface area contributed by atoms with E-state index in [0.717, 1.165) is 36.7 Å². The number of nitrogens with two attached hydrogens (primary N) is 2. The smallest absolute Gasteiger partial charge is 0.426 e. The maximum atomic E-state index is 12.9. The molecule has 1 rings (SSSR count). The predicted molar refractivity (Wildman–Crippen MR) is 206 cm³/mol. The van der Waals surface area contributed by atoms with Gasteiger partial charge in [0.25, 0.3) is 0 Å². The number of carbonyl (C=O) groups excluding carboxylic acids is 6. The normalized spacial score (nSPS) is 13.8. The Balaban J connectivity index is 2.36. The summed E-state index contributed by atoms with van der Waals surface area (Å²) >= 11 is 0. The molecule has 0 aromatic rings. The average molecular weight is 823 g/mol. The minimum atomic E-state index is -1.30. The quantitative estimate of drug-likeness (QED) is 0.0136. The first-order valence-corrected chi connectivity index (χ1v) is 20.5. The lowest BCUT2D eigenvalue weighted by atomic mass is 10.1. The van der Waals surface area contributed by atoms with Crippen molar-refractivity contribution in [2.45, 2.75) is 64.5 Å². The number of nitrogens with one attached hydrogen (secondary N) is 6. The fraction of sp³-hybridized carbons (Fsp3) is 0.750. The van der Waals surface area contributed by atoms with Crippen LogP contribution in [0, 0.1) is 5.92 Å². The molecule has 0 bridgehead atoms. The van der Waals surface area contributed by atoms with E-state index in [9.17, 15) is 38.7 Å². The van der Waals surface area contributed by atoms with Crippen LogP contribution >= 0.6 is 21.6 Å². The molecule has 0 spiro atoms. The number of hydrazine groups is 1. The molecule has 1 unspecified atom stereocenters. The summed E-state index contributed by atoms with van der Waals surface area (Å²) in [5, 5.41) is 19.7. The van der Waals surface area contributed by atoms with Gasteiger partial charge in [0.1, 0.15) is 18.7 Å². The Hall–Kier alpha value is -4.06. The first-order valence-electron chi connectivity index (χ1n) is 18.0. The summed E-state index contributed by atoms with van der Waals surface area (Å²) in [5.41, 5.74) is 15.0.